The van der Waals surface area contributed by atoms with Gasteiger partial charge in [-0.05, 0) is 31.9 Å². The predicted molar refractivity (Wildman–Crippen MR) is 88.2 cm³/mol. The van der Waals surface area contributed by atoms with Gasteiger partial charge in [-0.25, -0.2) is 9.78 Å². The second-order valence-corrected chi connectivity index (χ2v) is 5.61. The second-order valence-electron chi connectivity index (χ2n) is 5.61. The van der Waals surface area contributed by atoms with Crippen LogP contribution in [0.1, 0.15) is 19.8 Å². The largest absolute Gasteiger partial charge is 0.450 e. The number of hydrogen-bond acceptors (Lipinski definition) is 6. The summed E-state index contributed by atoms with van der Waals surface area (Å²) in [6.07, 6.45) is 1.48. The topological polar surface area (TPSA) is 83.7 Å². The van der Waals surface area contributed by atoms with E-state index in [0.717, 1.165) is 18.7 Å². The summed E-state index contributed by atoms with van der Waals surface area (Å²) in [5.74, 6) is 1.57. The fourth-order valence-electron chi connectivity index (χ4n) is 2.44. The lowest BCUT2D eigenvalue weighted by atomic mass is 10.1. The molecule has 0 bridgehead atoms. The number of anilines is 3. The molecule has 3 N–H and O–H groups in total. The molecule has 2 rings (SSSR count). The first-order valence-electron chi connectivity index (χ1n) is 7.63. The minimum atomic E-state index is -0.229. The maximum atomic E-state index is 11.7. The Bertz CT molecular complexity index is 513. The van der Waals surface area contributed by atoms with Gasteiger partial charge in [0, 0.05) is 33.2 Å². The molecular formula is C15H25N5O2. The Hall–Kier alpha value is -2.18. The monoisotopic (exact) mass is 307 g/mol. The number of carbonyl (C=O) groups excluding carboxylic acids is 1. The fourth-order valence-corrected chi connectivity index (χ4v) is 2.44. The van der Waals surface area contributed by atoms with Crippen LogP contribution in [0.5, 0.6) is 0 Å². The first-order chi connectivity index (χ1) is 10.5. The van der Waals surface area contributed by atoms with Gasteiger partial charge in [-0.1, -0.05) is 0 Å². The average molecular weight is 307 g/mol. The van der Waals surface area contributed by atoms with Gasteiger partial charge >= 0.3 is 6.09 Å². The van der Waals surface area contributed by atoms with Crippen molar-refractivity contribution in [2.24, 2.45) is 0 Å². The first-order valence-corrected chi connectivity index (χ1v) is 7.63. The maximum Gasteiger partial charge on any atom is 0.409 e. The van der Waals surface area contributed by atoms with Crippen molar-refractivity contribution in [1.82, 2.24) is 9.88 Å². The zero-order valence-electron chi connectivity index (χ0n) is 13.5. The van der Waals surface area contributed by atoms with Gasteiger partial charge in [0.25, 0.3) is 0 Å². The molecule has 1 amide bonds. The molecule has 122 valence electrons. The van der Waals surface area contributed by atoms with Gasteiger partial charge in [0.1, 0.15) is 5.82 Å². The summed E-state index contributed by atoms with van der Waals surface area (Å²) in [4.78, 5) is 19.9. The third kappa shape index (κ3) is 3.93. The van der Waals surface area contributed by atoms with Crippen molar-refractivity contribution in [1.29, 1.82) is 0 Å². The van der Waals surface area contributed by atoms with Crippen LogP contribution in [-0.2, 0) is 4.74 Å². The predicted octanol–water partition coefficient (Wildman–Crippen LogP) is 1.76. The SMILES string of the molecule is CCOC(=O)N1CCC(Nc2nc(N(C)C)ccc2N)CC1. The Labute approximate surface area is 131 Å². The summed E-state index contributed by atoms with van der Waals surface area (Å²) >= 11 is 0. The number of rotatable bonds is 4. The summed E-state index contributed by atoms with van der Waals surface area (Å²) in [5.41, 5.74) is 6.63. The van der Waals surface area contributed by atoms with Gasteiger partial charge in [-0.2, -0.15) is 0 Å². The number of ether oxygens (including phenoxy) is 1. The number of aromatic nitrogens is 1. The number of pyridine rings is 1. The summed E-state index contributed by atoms with van der Waals surface area (Å²) in [7, 11) is 3.89. The number of hydrogen-bond donors (Lipinski definition) is 2. The summed E-state index contributed by atoms with van der Waals surface area (Å²) < 4.78 is 5.02. The quantitative estimate of drug-likeness (QED) is 0.882. The number of nitrogens with one attached hydrogen (secondary N) is 1. The highest BCUT2D eigenvalue weighted by atomic mass is 16.6. The van der Waals surface area contributed by atoms with Gasteiger partial charge in [0.05, 0.1) is 12.3 Å². The molecule has 22 heavy (non-hydrogen) atoms. The van der Waals surface area contributed by atoms with Gasteiger partial charge in [-0.15, -0.1) is 0 Å². The lowest BCUT2D eigenvalue weighted by molar-refractivity contribution is 0.0983. The number of carbonyl (C=O) groups is 1. The number of amides is 1. The minimum absolute atomic E-state index is 0.229. The van der Waals surface area contributed by atoms with E-state index in [1.54, 1.807) is 4.90 Å². The van der Waals surface area contributed by atoms with Gasteiger partial charge in [0.2, 0.25) is 0 Å². The van der Waals surface area contributed by atoms with E-state index < -0.39 is 0 Å². The Morgan fingerprint density at radius 2 is 2.14 bits per heavy atom. The molecule has 0 saturated carbocycles. The molecule has 1 aromatic heterocycles. The van der Waals surface area contributed by atoms with Crippen molar-refractivity contribution >= 4 is 23.4 Å². The maximum absolute atomic E-state index is 11.7. The van der Waals surface area contributed by atoms with Gasteiger partial charge in [-0.3, -0.25) is 0 Å². The molecule has 0 spiro atoms. The Balaban J connectivity index is 1.93. The Kier molecular flexibility index (Phi) is 5.30. The van der Waals surface area contributed by atoms with Crippen LogP contribution in [0.25, 0.3) is 0 Å². The molecule has 2 heterocycles. The third-order valence-electron chi connectivity index (χ3n) is 3.73. The zero-order valence-corrected chi connectivity index (χ0v) is 13.5. The van der Waals surface area contributed by atoms with Crippen molar-refractivity contribution in [3.05, 3.63) is 12.1 Å². The van der Waals surface area contributed by atoms with Crippen LogP contribution >= 0.6 is 0 Å². The summed E-state index contributed by atoms with van der Waals surface area (Å²) in [6, 6.07) is 4.01. The Morgan fingerprint density at radius 3 is 2.73 bits per heavy atom. The molecule has 1 aromatic rings. The van der Waals surface area contributed by atoms with Gasteiger partial charge < -0.3 is 25.6 Å². The van der Waals surface area contributed by atoms with Crippen molar-refractivity contribution < 1.29 is 9.53 Å². The van der Waals surface area contributed by atoms with E-state index in [9.17, 15) is 4.79 Å². The number of nitrogens with two attached hydrogens (primary N) is 1. The zero-order chi connectivity index (χ0) is 16.1. The molecular weight excluding hydrogens is 282 g/mol. The van der Waals surface area contributed by atoms with Crippen LogP contribution in [-0.4, -0.2) is 55.8 Å². The number of nitrogen functional groups attached to an aromatic ring is 1. The standard InChI is InChI=1S/C15H25N5O2/c1-4-22-15(21)20-9-7-11(8-10-20)17-14-12(16)5-6-13(18-14)19(2)3/h5-6,11H,4,7-10,16H2,1-3H3,(H,17,18). The fraction of sp³-hybridized carbons (Fsp3) is 0.600. The van der Waals surface area contributed by atoms with E-state index in [1.165, 1.54) is 0 Å². The molecule has 1 fully saturated rings. The average Bonchev–Trinajstić information content (AvgIpc) is 2.50. The molecule has 7 nitrogen and oxygen atoms in total. The molecule has 7 heteroatoms. The van der Waals surface area contributed by atoms with Crippen molar-refractivity contribution in [3.63, 3.8) is 0 Å². The van der Waals surface area contributed by atoms with Gasteiger partial charge in [0.15, 0.2) is 5.82 Å². The molecule has 1 aliphatic rings. The number of piperidine rings is 1. The third-order valence-corrected chi connectivity index (χ3v) is 3.73. The lowest BCUT2D eigenvalue weighted by Crippen LogP contribution is -2.42. The summed E-state index contributed by atoms with van der Waals surface area (Å²) in [6.45, 7) is 3.60. The molecule has 1 aliphatic heterocycles. The molecule has 0 atom stereocenters. The number of likely N-dealkylation sites (tertiary alicyclic amines) is 1. The molecule has 1 saturated heterocycles. The van der Waals surface area contributed by atoms with Crippen LogP contribution in [0.15, 0.2) is 12.1 Å². The Morgan fingerprint density at radius 1 is 1.45 bits per heavy atom. The van der Waals surface area contributed by atoms with Crippen LogP contribution in [0.3, 0.4) is 0 Å². The highest BCUT2D eigenvalue weighted by Crippen LogP contribution is 2.23. The lowest BCUT2D eigenvalue weighted by Gasteiger charge is -2.32. The normalized spacial score (nSPS) is 15.5. The van der Waals surface area contributed by atoms with E-state index in [1.807, 2.05) is 38.1 Å². The molecule has 0 radical (unpaired) electrons. The van der Waals surface area contributed by atoms with Crippen LogP contribution in [0, 0.1) is 0 Å². The van der Waals surface area contributed by atoms with E-state index in [0.29, 0.717) is 31.2 Å². The van der Waals surface area contributed by atoms with Crippen LogP contribution in [0.2, 0.25) is 0 Å². The van der Waals surface area contributed by atoms with E-state index in [2.05, 4.69) is 10.3 Å². The number of nitrogens with zero attached hydrogens (tertiary/aromatic N) is 3. The van der Waals surface area contributed by atoms with Crippen LogP contribution in [0.4, 0.5) is 22.1 Å². The van der Waals surface area contributed by atoms with Crippen molar-refractivity contribution in [2.45, 2.75) is 25.8 Å². The molecule has 0 unspecified atom stereocenters. The minimum Gasteiger partial charge on any atom is -0.450 e. The second kappa shape index (κ2) is 7.20. The molecule has 0 aliphatic carbocycles. The molecule has 0 aromatic carbocycles. The van der Waals surface area contributed by atoms with E-state index in [4.69, 9.17) is 10.5 Å². The van der Waals surface area contributed by atoms with Crippen molar-refractivity contribution in [3.8, 4) is 0 Å². The smallest absolute Gasteiger partial charge is 0.409 e. The van der Waals surface area contributed by atoms with Crippen molar-refractivity contribution in [2.75, 3.05) is 49.7 Å². The van der Waals surface area contributed by atoms with E-state index in [-0.39, 0.29) is 12.1 Å². The highest BCUT2D eigenvalue weighted by molar-refractivity contribution is 5.68. The van der Waals surface area contributed by atoms with E-state index >= 15 is 0 Å². The van der Waals surface area contributed by atoms with Crippen LogP contribution < -0.4 is 16.0 Å². The highest BCUT2D eigenvalue weighted by Gasteiger charge is 2.24. The first kappa shape index (κ1) is 16.2. The summed E-state index contributed by atoms with van der Waals surface area (Å²) in [5, 5.41) is 3.39.